The average Bonchev–Trinajstić information content (AvgIpc) is 2.27. The summed E-state index contributed by atoms with van der Waals surface area (Å²) >= 11 is 0. The number of nitro groups is 1. The standard InChI is InChI=1S/C13H16N2O3/c1-13(2,3)6-7-18-12-5-4-11(15(16)17)8-10(12)9-14/h4-5,8H,6-7H2,1-3H3. The number of benzene rings is 1. The Labute approximate surface area is 106 Å². The predicted molar refractivity (Wildman–Crippen MR) is 67.4 cm³/mol. The zero-order chi connectivity index (χ0) is 13.8. The van der Waals surface area contributed by atoms with Crippen molar-refractivity contribution < 1.29 is 9.66 Å². The lowest BCUT2D eigenvalue weighted by molar-refractivity contribution is -0.384. The Morgan fingerprint density at radius 2 is 2.11 bits per heavy atom. The lowest BCUT2D eigenvalue weighted by atomic mass is 9.93. The summed E-state index contributed by atoms with van der Waals surface area (Å²) in [6.07, 6.45) is 0.842. The van der Waals surface area contributed by atoms with Crippen LogP contribution in [0.15, 0.2) is 18.2 Å². The van der Waals surface area contributed by atoms with Crippen molar-refractivity contribution in [1.82, 2.24) is 0 Å². The molecule has 0 aliphatic carbocycles. The quantitative estimate of drug-likeness (QED) is 0.605. The van der Waals surface area contributed by atoms with Gasteiger partial charge in [-0.3, -0.25) is 10.1 Å². The third-order valence-corrected chi connectivity index (χ3v) is 2.40. The Morgan fingerprint density at radius 1 is 1.44 bits per heavy atom. The molecule has 0 aliphatic heterocycles. The van der Waals surface area contributed by atoms with Crippen molar-refractivity contribution in [3.05, 3.63) is 33.9 Å². The molecule has 0 unspecified atom stereocenters. The van der Waals surface area contributed by atoms with Gasteiger partial charge in [-0.15, -0.1) is 0 Å². The monoisotopic (exact) mass is 248 g/mol. The molecule has 0 heterocycles. The maximum Gasteiger partial charge on any atom is 0.271 e. The van der Waals surface area contributed by atoms with E-state index in [-0.39, 0.29) is 16.7 Å². The van der Waals surface area contributed by atoms with Gasteiger partial charge in [0, 0.05) is 12.1 Å². The molecule has 5 nitrogen and oxygen atoms in total. The van der Waals surface area contributed by atoms with E-state index in [0.717, 1.165) is 6.42 Å². The van der Waals surface area contributed by atoms with E-state index in [4.69, 9.17) is 10.00 Å². The highest BCUT2D eigenvalue weighted by Gasteiger charge is 2.13. The molecule has 96 valence electrons. The highest BCUT2D eigenvalue weighted by molar-refractivity contribution is 5.50. The summed E-state index contributed by atoms with van der Waals surface area (Å²) in [6, 6.07) is 5.95. The largest absolute Gasteiger partial charge is 0.492 e. The van der Waals surface area contributed by atoms with Crippen molar-refractivity contribution in [2.75, 3.05) is 6.61 Å². The molecule has 5 heteroatoms. The van der Waals surface area contributed by atoms with Crippen molar-refractivity contribution >= 4 is 5.69 Å². The number of nitro benzene ring substituents is 1. The normalized spacial score (nSPS) is 10.8. The molecule has 0 amide bonds. The van der Waals surface area contributed by atoms with Gasteiger partial charge in [0.15, 0.2) is 0 Å². The van der Waals surface area contributed by atoms with Crippen LogP contribution in [0.5, 0.6) is 5.75 Å². The maximum atomic E-state index is 10.6. The van der Waals surface area contributed by atoms with Crippen LogP contribution in [-0.2, 0) is 0 Å². The Hall–Kier alpha value is -2.09. The minimum Gasteiger partial charge on any atom is -0.492 e. The molecular formula is C13H16N2O3. The molecule has 0 aliphatic rings. The van der Waals surface area contributed by atoms with Crippen molar-refractivity contribution in [1.29, 1.82) is 5.26 Å². The number of non-ortho nitro benzene ring substituents is 1. The van der Waals surface area contributed by atoms with Gasteiger partial charge in [0.05, 0.1) is 11.5 Å². The molecule has 1 aromatic carbocycles. The molecule has 0 radical (unpaired) electrons. The van der Waals surface area contributed by atoms with Crippen molar-refractivity contribution in [3.8, 4) is 11.8 Å². The molecule has 0 bridgehead atoms. The third-order valence-electron chi connectivity index (χ3n) is 2.40. The zero-order valence-corrected chi connectivity index (χ0v) is 10.8. The van der Waals surface area contributed by atoms with Gasteiger partial charge in [0.1, 0.15) is 17.4 Å². The van der Waals surface area contributed by atoms with E-state index >= 15 is 0 Å². The van der Waals surface area contributed by atoms with Gasteiger partial charge in [-0.2, -0.15) is 5.26 Å². The van der Waals surface area contributed by atoms with Gasteiger partial charge in [-0.25, -0.2) is 0 Å². The molecule has 0 atom stereocenters. The molecule has 0 spiro atoms. The maximum absolute atomic E-state index is 10.6. The van der Waals surface area contributed by atoms with Gasteiger partial charge < -0.3 is 4.74 Å². The van der Waals surface area contributed by atoms with Crippen LogP contribution in [0.1, 0.15) is 32.8 Å². The van der Waals surface area contributed by atoms with Crippen LogP contribution in [0.2, 0.25) is 0 Å². The first-order chi connectivity index (χ1) is 8.33. The van der Waals surface area contributed by atoms with E-state index in [0.29, 0.717) is 12.4 Å². The summed E-state index contributed by atoms with van der Waals surface area (Å²) in [6.45, 7) is 6.77. The number of nitrogens with zero attached hydrogens (tertiary/aromatic N) is 2. The molecule has 1 rings (SSSR count). The zero-order valence-electron chi connectivity index (χ0n) is 10.8. The number of ether oxygens (including phenoxy) is 1. The van der Waals surface area contributed by atoms with Gasteiger partial charge in [0.2, 0.25) is 0 Å². The van der Waals surface area contributed by atoms with E-state index in [1.165, 1.54) is 18.2 Å². The first-order valence-electron chi connectivity index (χ1n) is 5.65. The number of nitriles is 1. The van der Waals surface area contributed by atoms with E-state index in [9.17, 15) is 10.1 Å². The fourth-order valence-electron chi connectivity index (χ4n) is 1.31. The summed E-state index contributed by atoms with van der Waals surface area (Å²) in [5, 5.41) is 19.5. The van der Waals surface area contributed by atoms with E-state index < -0.39 is 4.92 Å². The molecule has 1 aromatic rings. The van der Waals surface area contributed by atoms with Gasteiger partial charge in [-0.1, -0.05) is 20.8 Å². The van der Waals surface area contributed by atoms with Crippen LogP contribution in [0.3, 0.4) is 0 Å². The minimum atomic E-state index is -0.528. The van der Waals surface area contributed by atoms with E-state index in [1.807, 2.05) is 6.07 Å². The number of rotatable bonds is 4. The molecule has 0 saturated heterocycles. The third kappa shape index (κ3) is 4.06. The highest BCUT2D eigenvalue weighted by atomic mass is 16.6. The Morgan fingerprint density at radius 3 is 2.61 bits per heavy atom. The molecule has 0 fully saturated rings. The van der Waals surface area contributed by atoms with Crippen molar-refractivity contribution in [3.63, 3.8) is 0 Å². The van der Waals surface area contributed by atoms with Gasteiger partial charge >= 0.3 is 0 Å². The van der Waals surface area contributed by atoms with Gasteiger partial charge in [-0.05, 0) is 17.9 Å². The van der Waals surface area contributed by atoms with Crippen LogP contribution in [-0.4, -0.2) is 11.5 Å². The van der Waals surface area contributed by atoms with E-state index in [2.05, 4.69) is 20.8 Å². The first-order valence-corrected chi connectivity index (χ1v) is 5.65. The second-order valence-corrected chi connectivity index (χ2v) is 5.21. The lowest BCUT2D eigenvalue weighted by Gasteiger charge is -2.18. The molecule has 0 aromatic heterocycles. The second-order valence-electron chi connectivity index (χ2n) is 5.21. The summed E-state index contributed by atoms with van der Waals surface area (Å²) in [5.74, 6) is 0.396. The van der Waals surface area contributed by atoms with E-state index in [1.54, 1.807) is 0 Å². The summed E-state index contributed by atoms with van der Waals surface area (Å²) in [7, 11) is 0. The van der Waals surface area contributed by atoms with Crippen LogP contribution in [0, 0.1) is 26.9 Å². The fraction of sp³-hybridized carbons (Fsp3) is 0.462. The Kier molecular flexibility index (Phi) is 4.27. The van der Waals surface area contributed by atoms with Crippen LogP contribution in [0.4, 0.5) is 5.69 Å². The van der Waals surface area contributed by atoms with Crippen LogP contribution in [0.25, 0.3) is 0 Å². The Balaban J connectivity index is 2.78. The van der Waals surface area contributed by atoms with Gasteiger partial charge in [0.25, 0.3) is 5.69 Å². The lowest BCUT2D eigenvalue weighted by Crippen LogP contribution is -2.11. The second kappa shape index (κ2) is 5.50. The summed E-state index contributed by atoms with van der Waals surface area (Å²) < 4.78 is 5.49. The van der Waals surface area contributed by atoms with Crippen LogP contribution >= 0.6 is 0 Å². The van der Waals surface area contributed by atoms with Crippen molar-refractivity contribution in [2.45, 2.75) is 27.2 Å². The smallest absolute Gasteiger partial charge is 0.271 e. The first kappa shape index (κ1) is 14.0. The predicted octanol–water partition coefficient (Wildman–Crippen LogP) is 3.28. The molecule has 18 heavy (non-hydrogen) atoms. The minimum absolute atomic E-state index is 0.102. The average molecular weight is 248 g/mol. The number of hydrogen-bond acceptors (Lipinski definition) is 4. The molecular weight excluding hydrogens is 232 g/mol. The Bertz CT molecular complexity index is 484. The fourth-order valence-corrected chi connectivity index (χ4v) is 1.31. The molecule has 0 N–H and O–H groups in total. The molecule has 0 saturated carbocycles. The summed E-state index contributed by atoms with van der Waals surface area (Å²) in [5.41, 5.74) is 0.237. The highest BCUT2D eigenvalue weighted by Crippen LogP contribution is 2.25. The number of hydrogen-bond donors (Lipinski definition) is 0. The van der Waals surface area contributed by atoms with Crippen molar-refractivity contribution in [2.24, 2.45) is 5.41 Å². The van der Waals surface area contributed by atoms with Crippen LogP contribution < -0.4 is 4.74 Å². The summed E-state index contributed by atoms with van der Waals surface area (Å²) in [4.78, 5) is 10.1. The topological polar surface area (TPSA) is 76.2 Å². The SMILES string of the molecule is CC(C)(C)CCOc1ccc([N+](=O)[O-])cc1C#N.